The minimum absolute atomic E-state index is 0.232. The van der Waals surface area contributed by atoms with Crippen LogP contribution in [0.5, 0.6) is 0 Å². The second-order valence-corrected chi connectivity index (χ2v) is 7.32. The van der Waals surface area contributed by atoms with Gasteiger partial charge in [-0.25, -0.2) is 0 Å². The van der Waals surface area contributed by atoms with Gasteiger partial charge in [0.15, 0.2) is 0 Å². The van der Waals surface area contributed by atoms with Crippen molar-refractivity contribution in [3.8, 4) is 0 Å². The van der Waals surface area contributed by atoms with E-state index < -0.39 is 0 Å². The third kappa shape index (κ3) is 3.54. The minimum Gasteiger partial charge on any atom is -0.342 e. The molecule has 2 saturated heterocycles. The van der Waals surface area contributed by atoms with Gasteiger partial charge in [0.2, 0.25) is 5.91 Å². The summed E-state index contributed by atoms with van der Waals surface area (Å²) in [6.07, 6.45) is 9.84. The van der Waals surface area contributed by atoms with Crippen LogP contribution in [-0.2, 0) is 4.79 Å². The van der Waals surface area contributed by atoms with Crippen LogP contribution in [0.4, 0.5) is 0 Å². The van der Waals surface area contributed by atoms with Gasteiger partial charge in [0, 0.05) is 58.3 Å². The summed E-state index contributed by atoms with van der Waals surface area (Å²) in [7, 11) is 0. The summed E-state index contributed by atoms with van der Waals surface area (Å²) < 4.78 is 0. The molecule has 4 heteroatoms. The predicted molar refractivity (Wildman–Crippen MR) is 89.7 cm³/mol. The number of rotatable bonds is 2. The minimum atomic E-state index is 0.232. The van der Waals surface area contributed by atoms with Crippen LogP contribution in [0, 0.1) is 5.92 Å². The molecule has 0 unspecified atom stereocenters. The van der Waals surface area contributed by atoms with E-state index in [1.807, 2.05) is 4.90 Å². The van der Waals surface area contributed by atoms with E-state index in [2.05, 4.69) is 28.9 Å². The molecule has 1 aliphatic carbocycles. The number of carbonyl (C=O) groups excluding carboxylic acids is 1. The molecule has 0 aromatic rings. The Labute approximate surface area is 135 Å². The Balaban J connectivity index is 1.58. The third-order valence-electron chi connectivity index (χ3n) is 5.74. The fourth-order valence-corrected chi connectivity index (χ4v) is 4.42. The summed E-state index contributed by atoms with van der Waals surface area (Å²) >= 11 is 0. The zero-order chi connectivity index (χ0) is 15.5. The van der Waals surface area contributed by atoms with Gasteiger partial charge in [-0.15, -0.1) is 0 Å². The van der Waals surface area contributed by atoms with Crippen molar-refractivity contribution in [3.05, 3.63) is 12.2 Å². The molecule has 0 N–H and O–H groups in total. The van der Waals surface area contributed by atoms with Crippen molar-refractivity contribution in [3.63, 3.8) is 0 Å². The second kappa shape index (κ2) is 7.14. The quantitative estimate of drug-likeness (QED) is 0.730. The number of hydrogen-bond donors (Lipinski definition) is 0. The van der Waals surface area contributed by atoms with Crippen LogP contribution in [0.2, 0.25) is 0 Å². The molecule has 3 rings (SSSR count). The predicted octanol–water partition coefficient (Wildman–Crippen LogP) is 1.97. The first-order valence-corrected chi connectivity index (χ1v) is 9.05. The number of hydrogen-bond acceptors (Lipinski definition) is 3. The Morgan fingerprint density at radius 1 is 1.05 bits per heavy atom. The van der Waals surface area contributed by atoms with E-state index in [1.165, 1.54) is 32.4 Å². The van der Waals surface area contributed by atoms with Crippen LogP contribution in [-0.4, -0.2) is 72.0 Å². The summed E-state index contributed by atoms with van der Waals surface area (Å²) in [5.74, 6) is 0.967. The van der Waals surface area contributed by atoms with E-state index in [-0.39, 0.29) is 5.91 Å². The molecule has 2 fully saturated rings. The Morgan fingerprint density at radius 3 is 2.64 bits per heavy atom. The molecule has 4 nitrogen and oxygen atoms in total. The summed E-state index contributed by atoms with van der Waals surface area (Å²) in [6, 6.07) is 1.34. The van der Waals surface area contributed by atoms with Gasteiger partial charge >= 0.3 is 0 Å². The highest BCUT2D eigenvalue weighted by Crippen LogP contribution is 2.28. The van der Waals surface area contributed by atoms with E-state index in [9.17, 15) is 4.79 Å². The van der Waals surface area contributed by atoms with Gasteiger partial charge in [-0.2, -0.15) is 0 Å². The monoisotopic (exact) mass is 305 g/mol. The summed E-state index contributed by atoms with van der Waals surface area (Å²) in [5.41, 5.74) is 0. The Morgan fingerprint density at radius 2 is 1.91 bits per heavy atom. The normalized spacial score (nSPS) is 34.8. The van der Waals surface area contributed by atoms with Crippen molar-refractivity contribution in [2.24, 2.45) is 5.92 Å². The molecule has 22 heavy (non-hydrogen) atoms. The number of allylic oxidation sites excluding steroid dienone is 1. The van der Waals surface area contributed by atoms with E-state index in [0.717, 1.165) is 38.5 Å². The average molecular weight is 305 g/mol. The lowest BCUT2D eigenvalue weighted by molar-refractivity contribution is -0.128. The molecule has 2 aliphatic heterocycles. The fourth-order valence-electron chi connectivity index (χ4n) is 4.42. The maximum absolute atomic E-state index is 11.6. The van der Waals surface area contributed by atoms with Crippen molar-refractivity contribution in [1.82, 2.24) is 14.7 Å². The van der Waals surface area contributed by atoms with Gasteiger partial charge in [-0.3, -0.25) is 14.6 Å². The SMILES string of the molecule is CC(=O)N1CCCN([C@@H]2CN([C@@H]3C=CCCC3)C[C@@H]2C)CC1. The second-order valence-electron chi connectivity index (χ2n) is 7.32. The number of carbonyl (C=O) groups is 1. The van der Waals surface area contributed by atoms with Crippen LogP contribution in [0.15, 0.2) is 12.2 Å². The summed E-state index contributed by atoms with van der Waals surface area (Å²) in [5, 5.41) is 0. The molecule has 0 spiro atoms. The molecule has 2 heterocycles. The first-order chi connectivity index (χ1) is 10.6. The van der Waals surface area contributed by atoms with Crippen molar-refractivity contribution >= 4 is 5.91 Å². The van der Waals surface area contributed by atoms with Gasteiger partial charge in [0.05, 0.1) is 0 Å². The van der Waals surface area contributed by atoms with E-state index in [4.69, 9.17) is 0 Å². The summed E-state index contributed by atoms with van der Waals surface area (Å²) in [6.45, 7) is 10.6. The van der Waals surface area contributed by atoms with E-state index in [0.29, 0.717) is 12.1 Å². The van der Waals surface area contributed by atoms with Gasteiger partial charge < -0.3 is 4.90 Å². The number of amides is 1. The Kier molecular flexibility index (Phi) is 5.19. The van der Waals surface area contributed by atoms with Crippen molar-refractivity contribution in [2.75, 3.05) is 39.3 Å². The smallest absolute Gasteiger partial charge is 0.219 e. The molecular formula is C18H31N3O. The molecule has 0 saturated carbocycles. The Hall–Kier alpha value is -0.870. The van der Waals surface area contributed by atoms with Gasteiger partial charge in [-0.05, 0) is 31.6 Å². The van der Waals surface area contributed by atoms with Crippen LogP contribution in [0.3, 0.4) is 0 Å². The van der Waals surface area contributed by atoms with Crippen LogP contribution in [0.25, 0.3) is 0 Å². The maximum Gasteiger partial charge on any atom is 0.219 e. The van der Waals surface area contributed by atoms with Gasteiger partial charge in [-0.1, -0.05) is 19.1 Å². The van der Waals surface area contributed by atoms with Crippen molar-refractivity contribution < 1.29 is 4.79 Å². The van der Waals surface area contributed by atoms with E-state index >= 15 is 0 Å². The maximum atomic E-state index is 11.6. The van der Waals surface area contributed by atoms with Crippen molar-refractivity contribution in [2.45, 2.75) is 51.6 Å². The van der Waals surface area contributed by atoms with Crippen LogP contribution in [0.1, 0.15) is 39.5 Å². The molecule has 0 aromatic carbocycles. The highest BCUT2D eigenvalue weighted by Gasteiger charge is 2.36. The average Bonchev–Trinajstić information content (AvgIpc) is 2.75. The summed E-state index contributed by atoms with van der Waals surface area (Å²) in [4.78, 5) is 19.0. The highest BCUT2D eigenvalue weighted by molar-refractivity contribution is 5.73. The first-order valence-electron chi connectivity index (χ1n) is 9.05. The van der Waals surface area contributed by atoms with Crippen LogP contribution < -0.4 is 0 Å². The molecule has 0 radical (unpaired) electrons. The first kappa shape index (κ1) is 16.0. The topological polar surface area (TPSA) is 26.8 Å². The molecule has 124 valence electrons. The highest BCUT2D eigenvalue weighted by atomic mass is 16.2. The number of likely N-dealkylation sites (tertiary alicyclic amines) is 1. The molecular weight excluding hydrogens is 274 g/mol. The van der Waals surface area contributed by atoms with E-state index in [1.54, 1.807) is 6.92 Å². The third-order valence-corrected chi connectivity index (χ3v) is 5.74. The van der Waals surface area contributed by atoms with Gasteiger partial charge in [0.1, 0.15) is 0 Å². The zero-order valence-electron chi connectivity index (χ0n) is 14.2. The standard InChI is InChI=1S/C18H31N3O/c1-15-13-21(17-7-4-3-5-8-17)14-18(15)20-10-6-9-19(11-12-20)16(2)22/h4,7,15,17-18H,3,5-6,8-14H2,1-2H3/t15-,17+,18+/m0/s1. The lowest BCUT2D eigenvalue weighted by Gasteiger charge is -2.31. The van der Waals surface area contributed by atoms with Crippen molar-refractivity contribution in [1.29, 1.82) is 0 Å². The number of nitrogens with zero attached hydrogens (tertiary/aromatic N) is 3. The zero-order valence-corrected chi connectivity index (χ0v) is 14.2. The molecule has 3 aliphatic rings. The van der Waals surface area contributed by atoms with Gasteiger partial charge in [0.25, 0.3) is 0 Å². The lowest BCUT2D eigenvalue weighted by atomic mass is 10.0. The molecule has 0 aromatic heterocycles. The van der Waals surface area contributed by atoms with Crippen LogP contribution >= 0.6 is 0 Å². The molecule has 0 bridgehead atoms. The lowest BCUT2D eigenvalue weighted by Crippen LogP contribution is -2.43. The largest absolute Gasteiger partial charge is 0.342 e. The Bertz CT molecular complexity index is 423. The fraction of sp³-hybridized carbons (Fsp3) is 0.833. The molecule has 1 amide bonds. The molecule has 3 atom stereocenters.